The summed E-state index contributed by atoms with van der Waals surface area (Å²) in [6.45, 7) is 5.93. The zero-order valence-electron chi connectivity index (χ0n) is 10.9. The van der Waals surface area contributed by atoms with Gasteiger partial charge in [0.2, 0.25) is 5.91 Å². The standard InChI is InChI=1S/C12H22N4O/c1-4-5-6-14-12(17)9-13-7-11-8-15-16(3)10(11)2/h8,13H,4-7,9H2,1-3H3,(H,14,17). The van der Waals surface area contributed by atoms with Gasteiger partial charge in [-0.05, 0) is 13.3 Å². The van der Waals surface area contributed by atoms with Crippen molar-refractivity contribution in [3.8, 4) is 0 Å². The molecule has 1 aromatic heterocycles. The van der Waals surface area contributed by atoms with Gasteiger partial charge in [0.25, 0.3) is 0 Å². The van der Waals surface area contributed by atoms with Crippen LogP contribution in [0, 0.1) is 6.92 Å². The van der Waals surface area contributed by atoms with Crippen LogP contribution in [0.25, 0.3) is 0 Å². The number of amides is 1. The van der Waals surface area contributed by atoms with E-state index in [9.17, 15) is 4.79 Å². The Morgan fingerprint density at radius 1 is 1.53 bits per heavy atom. The lowest BCUT2D eigenvalue weighted by Gasteiger charge is -2.06. The highest BCUT2D eigenvalue weighted by Gasteiger charge is 2.04. The molecule has 5 heteroatoms. The normalized spacial score (nSPS) is 10.5. The van der Waals surface area contributed by atoms with Crippen LogP contribution in [0.1, 0.15) is 31.0 Å². The van der Waals surface area contributed by atoms with Gasteiger partial charge in [-0.25, -0.2) is 0 Å². The molecule has 0 aromatic carbocycles. The zero-order valence-corrected chi connectivity index (χ0v) is 10.9. The van der Waals surface area contributed by atoms with Crippen LogP contribution in [0.4, 0.5) is 0 Å². The molecule has 0 unspecified atom stereocenters. The zero-order chi connectivity index (χ0) is 12.7. The smallest absolute Gasteiger partial charge is 0.233 e. The first-order valence-electron chi connectivity index (χ1n) is 6.10. The molecule has 5 nitrogen and oxygen atoms in total. The quantitative estimate of drug-likeness (QED) is 0.689. The molecular weight excluding hydrogens is 216 g/mol. The molecule has 1 aromatic rings. The van der Waals surface area contributed by atoms with E-state index >= 15 is 0 Å². The van der Waals surface area contributed by atoms with E-state index in [4.69, 9.17) is 0 Å². The monoisotopic (exact) mass is 238 g/mol. The molecule has 1 heterocycles. The lowest BCUT2D eigenvalue weighted by Crippen LogP contribution is -2.34. The van der Waals surface area contributed by atoms with E-state index in [-0.39, 0.29) is 5.91 Å². The average Bonchev–Trinajstić information content (AvgIpc) is 2.61. The van der Waals surface area contributed by atoms with Crippen LogP contribution in [-0.4, -0.2) is 28.8 Å². The molecule has 0 saturated heterocycles. The van der Waals surface area contributed by atoms with E-state index in [1.54, 1.807) is 0 Å². The second kappa shape index (κ2) is 7.06. The molecule has 0 saturated carbocycles. The van der Waals surface area contributed by atoms with Crippen molar-refractivity contribution in [1.29, 1.82) is 0 Å². The minimum absolute atomic E-state index is 0.0555. The number of carbonyl (C=O) groups is 1. The van der Waals surface area contributed by atoms with Crippen LogP contribution in [0.15, 0.2) is 6.20 Å². The predicted molar refractivity (Wildman–Crippen MR) is 67.6 cm³/mol. The van der Waals surface area contributed by atoms with Crippen molar-refractivity contribution in [3.63, 3.8) is 0 Å². The van der Waals surface area contributed by atoms with E-state index in [1.807, 2.05) is 24.9 Å². The van der Waals surface area contributed by atoms with Gasteiger partial charge in [-0.15, -0.1) is 0 Å². The number of hydrogen-bond acceptors (Lipinski definition) is 3. The molecule has 0 radical (unpaired) electrons. The third kappa shape index (κ3) is 4.56. The van der Waals surface area contributed by atoms with E-state index in [0.29, 0.717) is 13.1 Å². The van der Waals surface area contributed by atoms with Gasteiger partial charge in [-0.3, -0.25) is 9.48 Å². The summed E-state index contributed by atoms with van der Waals surface area (Å²) >= 11 is 0. The fraction of sp³-hybridized carbons (Fsp3) is 0.667. The lowest BCUT2D eigenvalue weighted by molar-refractivity contribution is -0.120. The number of unbranched alkanes of at least 4 members (excludes halogenated alkanes) is 1. The van der Waals surface area contributed by atoms with Gasteiger partial charge < -0.3 is 10.6 Å². The topological polar surface area (TPSA) is 59.0 Å². The summed E-state index contributed by atoms with van der Waals surface area (Å²) in [5.74, 6) is 0.0555. The average molecular weight is 238 g/mol. The van der Waals surface area contributed by atoms with Crippen LogP contribution in [0.3, 0.4) is 0 Å². The van der Waals surface area contributed by atoms with Crippen molar-refractivity contribution in [2.24, 2.45) is 7.05 Å². The summed E-state index contributed by atoms with van der Waals surface area (Å²) in [6.07, 6.45) is 3.97. The van der Waals surface area contributed by atoms with Gasteiger partial charge in [0.1, 0.15) is 0 Å². The highest BCUT2D eigenvalue weighted by atomic mass is 16.1. The minimum atomic E-state index is 0.0555. The third-order valence-corrected chi connectivity index (χ3v) is 2.79. The first-order valence-corrected chi connectivity index (χ1v) is 6.10. The Kier molecular flexibility index (Phi) is 5.69. The van der Waals surface area contributed by atoms with Crippen LogP contribution >= 0.6 is 0 Å². The molecule has 1 amide bonds. The number of nitrogens with one attached hydrogen (secondary N) is 2. The van der Waals surface area contributed by atoms with E-state index in [1.165, 1.54) is 0 Å². The highest BCUT2D eigenvalue weighted by molar-refractivity contribution is 5.77. The Labute approximate surface area is 103 Å². The fourth-order valence-corrected chi connectivity index (χ4v) is 1.50. The summed E-state index contributed by atoms with van der Waals surface area (Å²) in [4.78, 5) is 11.4. The van der Waals surface area contributed by atoms with Crippen LogP contribution in [-0.2, 0) is 18.4 Å². The highest BCUT2D eigenvalue weighted by Crippen LogP contribution is 2.04. The summed E-state index contributed by atoms with van der Waals surface area (Å²) in [5.41, 5.74) is 2.26. The maximum Gasteiger partial charge on any atom is 0.233 e. The molecule has 2 N–H and O–H groups in total. The Balaban J connectivity index is 2.19. The number of nitrogens with zero attached hydrogens (tertiary/aromatic N) is 2. The fourth-order valence-electron chi connectivity index (χ4n) is 1.50. The number of aryl methyl sites for hydroxylation is 1. The SMILES string of the molecule is CCCCNC(=O)CNCc1cnn(C)c1C. The van der Waals surface area contributed by atoms with Gasteiger partial charge in [-0.2, -0.15) is 5.10 Å². The lowest BCUT2D eigenvalue weighted by atomic mass is 10.2. The molecule has 0 spiro atoms. The maximum atomic E-state index is 11.4. The first-order chi connectivity index (χ1) is 8.15. The van der Waals surface area contributed by atoms with Crippen molar-refractivity contribution in [1.82, 2.24) is 20.4 Å². The second-order valence-corrected chi connectivity index (χ2v) is 4.19. The largest absolute Gasteiger partial charge is 0.355 e. The van der Waals surface area contributed by atoms with E-state index in [2.05, 4.69) is 22.7 Å². The van der Waals surface area contributed by atoms with Crippen LogP contribution in [0.2, 0.25) is 0 Å². The van der Waals surface area contributed by atoms with Crippen molar-refractivity contribution in [2.75, 3.05) is 13.1 Å². The second-order valence-electron chi connectivity index (χ2n) is 4.19. The van der Waals surface area contributed by atoms with E-state index in [0.717, 1.165) is 30.6 Å². The van der Waals surface area contributed by atoms with Crippen molar-refractivity contribution < 1.29 is 4.79 Å². The first kappa shape index (κ1) is 13.7. The molecule has 0 aliphatic heterocycles. The van der Waals surface area contributed by atoms with Gasteiger partial charge >= 0.3 is 0 Å². The third-order valence-electron chi connectivity index (χ3n) is 2.79. The Bertz CT molecular complexity index is 359. The molecule has 96 valence electrons. The van der Waals surface area contributed by atoms with Gasteiger partial charge in [0.05, 0.1) is 12.7 Å². The van der Waals surface area contributed by atoms with Gasteiger partial charge in [0, 0.05) is 31.4 Å². The van der Waals surface area contributed by atoms with Gasteiger partial charge in [0.15, 0.2) is 0 Å². The van der Waals surface area contributed by atoms with Crippen molar-refractivity contribution >= 4 is 5.91 Å². The molecule has 0 atom stereocenters. The molecule has 0 aliphatic carbocycles. The number of rotatable bonds is 7. The molecule has 17 heavy (non-hydrogen) atoms. The molecule has 0 fully saturated rings. The molecule has 0 bridgehead atoms. The Morgan fingerprint density at radius 2 is 2.29 bits per heavy atom. The van der Waals surface area contributed by atoms with Crippen molar-refractivity contribution in [3.05, 3.63) is 17.5 Å². The number of aromatic nitrogens is 2. The molecule has 1 rings (SSSR count). The Morgan fingerprint density at radius 3 is 2.88 bits per heavy atom. The molecule has 0 aliphatic rings. The summed E-state index contributed by atoms with van der Waals surface area (Å²) in [6, 6.07) is 0. The van der Waals surface area contributed by atoms with Crippen LogP contribution < -0.4 is 10.6 Å². The van der Waals surface area contributed by atoms with Crippen molar-refractivity contribution in [2.45, 2.75) is 33.2 Å². The van der Waals surface area contributed by atoms with Crippen LogP contribution in [0.5, 0.6) is 0 Å². The summed E-state index contributed by atoms with van der Waals surface area (Å²) in [7, 11) is 1.91. The Hall–Kier alpha value is -1.36. The summed E-state index contributed by atoms with van der Waals surface area (Å²) in [5, 5.41) is 10.1. The minimum Gasteiger partial charge on any atom is -0.355 e. The molecular formula is C12H22N4O. The number of carbonyl (C=O) groups excluding carboxylic acids is 1. The summed E-state index contributed by atoms with van der Waals surface area (Å²) < 4.78 is 1.83. The van der Waals surface area contributed by atoms with Gasteiger partial charge in [-0.1, -0.05) is 13.3 Å². The number of hydrogen-bond donors (Lipinski definition) is 2. The maximum absolute atomic E-state index is 11.4. The van der Waals surface area contributed by atoms with E-state index < -0.39 is 0 Å². The predicted octanol–water partition coefficient (Wildman–Crippen LogP) is 0.734.